The highest BCUT2D eigenvalue weighted by atomic mass is 35.5. The van der Waals surface area contributed by atoms with Crippen LogP contribution in [0.15, 0.2) is 42.5 Å². The lowest BCUT2D eigenvalue weighted by molar-refractivity contribution is 0.384. The Bertz CT molecular complexity index is 846. The Balaban J connectivity index is 1.66. The maximum Gasteiger partial charge on any atom is 0.218 e. The lowest BCUT2D eigenvalue weighted by atomic mass is 10.1. The number of sulfonamides is 1. The molecular formula is C18H20Cl2N2O2S. The minimum Gasteiger partial charge on any atom is -0.369 e. The molecule has 1 aliphatic rings. The highest BCUT2D eigenvalue weighted by Crippen LogP contribution is 2.26. The summed E-state index contributed by atoms with van der Waals surface area (Å²) in [6, 6.07) is 12.7. The number of hydrogen-bond acceptors (Lipinski definition) is 3. The molecule has 2 aromatic carbocycles. The van der Waals surface area contributed by atoms with Gasteiger partial charge >= 0.3 is 0 Å². The molecule has 7 heteroatoms. The number of anilines is 1. The van der Waals surface area contributed by atoms with E-state index in [0.717, 1.165) is 16.8 Å². The number of hydrogen-bond donors (Lipinski definition) is 0. The lowest BCUT2D eigenvalue weighted by Crippen LogP contribution is -2.49. The molecule has 0 spiro atoms. The molecule has 0 radical (unpaired) electrons. The Kier molecular flexibility index (Phi) is 5.58. The zero-order valence-corrected chi connectivity index (χ0v) is 16.3. The molecule has 0 aromatic heterocycles. The van der Waals surface area contributed by atoms with Gasteiger partial charge in [0.15, 0.2) is 0 Å². The van der Waals surface area contributed by atoms with Gasteiger partial charge in [-0.15, -0.1) is 0 Å². The maximum absolute atomic E-state index is 12.7. The summed E-state index contributed by atoms with van der Waals surface area (Å²) in [4.78, 5) is 2.19. The molecule has 25 heavy (non-hydrogen) atoms. The third-order valence-electron chi connectivity index (χ3n) is 4.41. The van der Waals surface area contributed by atoms with Gasteiger partial charge in [-0.05, 0) is 42.3 Å². The molecule has 0 amide bonds. The Morgan fingerprint density at radius 2 is 1.52 bits per heavy atom. The zero-order chi connectivity index (χ0) is 18.0. The lowest BCUT2D eigenvalue weighted by Gasteiger charge is -2.36. The van der Waals surface area contributed by atoms with Gasteiger partial charge in [0.1, 0.15) is 0 Å². The van der Waals surface area contributed by atoms with Crippen molar-refractivity contribution in [3.05, 3.63) is 63.6 Å². The second-order valence-corrected chi connectivity index (χ2v) is 9.04. The maximum atomic E-state index is 12.7. The van der Waals surface area contributed by atoms with Gasteiger partial charge in [-0.1, -0.05) is 41.4 Å². The predicted molar refractivity (Wildman–Crippen MR) is 104 cm³/mol. The molecule has 0 saturated carbocycles. The van der Waals surface area contributed by atoms with Crippen molar-refractivity contribution in [2.45, 2.75) is 12.7 Å². The summed E-state index contributed by atoms with van der Waals surface area (Å²) in [5, 5.41) is 1.30. The van der Waals surface area contributed by atoms with Gasteiger partial charge in [-0.2, -0.15) is 4.31 Å². The number of benzene rings is 2. The number of halogens is 2. The van der Waals surface area contributed by atoms with Crippen LogP contribution in [0.25, 0.3) is 0 Å². The molecule has 1 heterocycles. The minimum absolute atomic E-state index is 0.000359. The third-order valence-corrected chi connectivity index (χ3v) is 6.74. The molecule has 0 bridgehead atoms. The van der Waals surface area contributed by atoms with E-state index in [1.165, 1.54) is 0 Å². The molecule has 0 atom stereocenters. The van der Waals surface area contributed by atoms with E-state index in [1.54, 1.807) is 28.6 Å². The van der Waals surface area contributed by atoms with Crippen LogP contribution in [0.1, 0.15) is 11.1 Å². The number of rotatable bonds is 4. The number of piperazine rings is 1. The molecule has 1 aliphatic heterocycles. The first-order chi connectivity index (χ1) is 11.8. The van der Waals surface area contributed by atoms with Crippen LogP contribution in [0.2, 0.25) is 10.0 Å². The highest BCUT2D eigenvalue weighted by Gasteiger charge is 2.27. The van der Waals surface area contributed by atoms with Crippen molar-refractivity contribution in [3.8, 4) is 0 Å². The topological polar surface area (TPSA) is 40.6 Å². The van der Waals surface area contributed by atoms with Gasteiger partial charge in [-0.3, -0.25) is 0 Å². The summed E-state index contributed by atoms with van der Waals surface area (Å²) < 4.78 is 26.9. The quantitative estimate of drug-likeness (QED) is 0.782. The Hall–Kier alpha value is -1.27. The highest BCUT2D eigenvalue weighted by molar-refractivity contribution is 7.88. The first kappa shape index (κ1) is 18.5. The molecule has 1 saturated heterocycles. The van der Waals surface area contributed by atoms with Crippen molar-refractivity contribution in [2.24, 2.45) is 0 Å². The summed E-state index contributed by atoms with van der Waals surface area (Å²) in [6.45, 7) is 4.29. The average Bonchev–Trinajstić information content (AvgIpc) is 2.59. The SMILES string of the molecule is Cc1ccc(Cl)cc1N1CCN(S(=O)(=O)Cc2ccc(Cl)cc2)CC1. The van der Waals surface area contributed by atoms with Crippen molar-refractivity contribution in [2.75, 3.05) is 31.1 Å². The first-order valence-electron chi connectivity index (χ1n) is 8.08. The Labute approximate surface area is 159 Å². The largest absolute Gasteiger partial charge is 0.369 e. The second kappa shape index (κ2) is 7.54. The van der Waals surface area contributed by atoms with E-state index in [4.69, 9.17) is 23.2 Å². The van der Waals surface area contributed by atoms with Gasteiger partial charge in [0, 0.05) is 41.9 Å². The standard InChI is InChI=1S/C18H20Cl2N2O2S/c1-14-2-5-17(20)12-18(14)21-8-10-22(11-9-21)25(23,24)13-15-3-6-16(19)7-4-15/h2-7,12H,8-11,13H2,1H3. The van der Waals surface area contributed by atoms with Gasteiger partial charge in [0.05, 0.1) is 5.75 Å². The molecule has 0 aliphatic carbocycles. The molecule has 4 nitrogen and oxygen atoms in total. The van der Waals surface area contributed by atoms with Crippen LogP contribution >= 0.6 is 23.2 Å². The van der Waals surface area contributed by atoms with Crippen LogP contribution in [0.4, 0.5) is 5.69 Å². The van der Waals surface area contributed by atoms with Crippen LogP contribution in [0.5, 0.6) is 0 Å². The Morgan fingerprint density at radius 3 is 2.16 bits per heavy atom. The fourth-order valence-electron chi connectivity index (χ4n) is 3.01. The molecule has 1 fully saturated rings. The van der Waals surface area contributed by atoms with Gasteiger partial charge in [0.2, 0.25) is 10.0 Å². The predicted octanol–water partition coefficient (Wildman–Crippen LogP) is 3.95. The smallest absolute Gasteiger partial charge is 0.218 e. The van der Waals surface area contributed by atoms with Crippen molar-refractivity contribution in [3.63, 3.8) is 0 Å². The van der Waals surface area contributed by atoms with E-state index in [2.05, 4.69) is 4.90 Å². The molecule has 0 N–H and O–H groups in total. The van der Waals surface area contributed by atoms with Crippen LogP contribution in [-0.4, -0.2) is 38.9 Å². The van der Waals surface area contributed by atoms with Crippen molar-refractivity contribution < 1.29 is 8.42 Å². The van der Waals surface area contributed by atoms with Gasteiger partial charge in [0.25, 0.3) is 0 Å². The third kappa shape index (κ3) is 4.47. The zero-order valence-electron chi connectivity index (χ0n) is 14.0. The van der Waals surface area contributed by atoms with E-state index in [0.29, 0.717) is 36.2 Å². The molecular weight excluding hydrogens is 379 g/mol. The summed E-state index contributed by atoms with van der Waals surface area (Å²) in [7, 11) is -3.34. The normalized spacial score (nSPS) is 16.2. The second-order valence-electron chi connectivity index (χ2n) is 6.20. The molecule has 3 rings (SSSR count). The summed E-state index contributed by atoms with van der Waals surface area (Å²) in [5.74, 6) is 0.000359. The van der Waals surface area contributed by atoms with E-state index < -0.39 is 10.0 Å². The number of nitrogens with zero attached hydrogens (tertiary/aromatic N) is 2. The van der Waals surface area contributed by atoms with Crippen LogP contribution in [0, 0.1) is 6.92 Å². The molecule has 134 valence electrons. The first-order valence-corrected chi connectivity index (χ1v) is 10.4. The minimum atomic E-state index is -3.34. The molecule has 0 unspecified atom stereocenters. The van der Waals surface area contributed by atoms with Crippen LogP contribution in [0.3, 0.4) is 0 Å². The monoisotopic (exact) mass is 398 g/mol. The summed E-state index contributed by atoms with van der Waals surface area (Å²) in [6.07, 6.45) is 0. The van der Waals surface area contributed by atoms with Crippen LogP contribution < -0.4 is 4.90 Å². The summed E-state index contributed by atoms with van der Waals surface area (Å²) in [5.41, 5.74) is 2.96. The average molecular weight is 399 g/mol. The van der Waals surface area contributed by atoms with Crippen molar-refractivity contribution >= 4 is 38.9 Å². The van der Waals surface area contributed by atoms with Crippen LogP contribution in [-0.2, 0) is 15.8 Å². The van der Waals surface area contributed by atoms with Gasteiger partial charge < -0.3 is 4.90 Å². The number of aryl methyl sites for hydroxylation is 1. The Morgan fingerprint density at radius 1 is 0.920 bits per heavy atom. The summed E-state index contributed by atoms with van der Waals surface area (Å²) >= 11 is 12.0. The molecule has 2 aromatic rings. The van der Waals surface area contributed by atoms with Gasteiger partial charge in [-0.25, -0.2) is 8.42 Å². The fraction of sp³-hybridized carbons (Fsp3) is 0.333. The fourth-order valence-corrected chi connectivity index (χ4v) is 4.82. The van der Waals surface area contributed by atoms with E-state index in [-0.39, 0.29) is 5.75 Å². The van der Waals surface area contributed by atoms with Crippen molar-refractivity contribution in [1.29, 1.82) is 0 Å². The van der Waals surface area contributed by atoms with E-state index in [9.17, 15) is 8.42 Å². The van der Waals surface area contributed by atoms with Crippen molar-refractivity contribution in [1.82, 2.24) is 4.31 Å². The van der Waals surface area contributed by atoms with E-state index in [1.807, 2.05) is 25.1 Å². The van der Waals surface area contributed by atoms with E-state index >= 15 is 0 Å².